The van der Waals surface area contributed by atoms with Crippen molar-refractivity contribution >= 4 is 23.9 Å². The van der Waals surface area contributed by atoms with Gasteiger partial charge in [-0.25, -0.2) is 10.1 Å². The molecule has 0 spiro atoms. The zero-order valence-corrected chi connectivity index (χ0v) is 12.4. The molecule has 126 valence electrons. The molecular formula is C13H12N5O6-. The second-order valence-corrected chi connectivity index (χ2v) is 4.27. The average Bonchev–Trinajstić information content (AvgIpc) is 2.99. The fourth-order valence-corrected chi connectivity index (χ4v) is 1.59. The van der Waals surface area contributed by atoms with Gasteiger partial charge in [-0.1, -0.05) is 0 Å². The predicted molar refractivity (Wildman–Crippen MR) is 77.3 cm³/mol. The molecule has 0 unspecified atom stereocenters. The molecule has 1 amide bonds. The maximum atomic E-state index is 11.7. The van der Waals surface area contributed by atoms with Crippen LogP contribution in [-0.2, 0) is 4.79 Å². The average molecular weight is 334 g/mol. The number of nitrogens with zero attached hydrogens (tertiary/aromatic N) is 3. The van der Waals surface area contributed by atoms with Crippen molar-refractivity contribution < 1.29 is 28.8 Å². The van der Waals surface area contributed by atoms with Crippen LogP contribution >= 0.6 is 0 Å². The van der Waals surface area contributed by atoms with E-state index in [1.54, 1.807) is 6.07 Å². The van der Waals surface area contributed by atoms with Gasteiger partial charge in [0.1, 0.15) is 6.61 Å². The topological polar surface area (TPSA) is 165 Å². The first-order valence-corrected chi connectivity index (χ1v) is 6.43. The van der Waals surface area contributed by atoms with Gasteiger partial charge in [0.25, 0.3) is 5.91 Å². The zero-order chi connectivity index (χ0) is 17.5. The Morgan fingerprint density at radius 1 is 1.42 bits per heavy atom. The van der Waals surface area contributed by atoms with Gasteiger partial charge in [0.2, 0.25) is 11.5 Å². The van der Waals surface area contributed by atoms with E-state index in [2.05, 4.69) is 25.5 Å². The summed E-state index contributed by atoms with van der Waals surface area (Å²) in [4.78, 5) is 22.1. The molecule has 2 aromatic rings. The first kappa shape index (κ1) is 16.7. The Kier molecular flexibility index (Phi) is 5.28. The Balaban J connectivity index is 2.03. The van der Waals surface area contributed by atoms with Gasteiger partial charge < -0.3 is 25.1 Å². The lowest BCUT2D eigenvalue weighted by Gasteiger charge is -2.11. The minimum absolute atomic E-state index is 0.154. The first-order valence-electron chi connectivity index (χ1n) is 6.43. The summed E-state index contributed by atoms with van der Waals surface area (Å²) < 4.78 is 14.4. The molecule has 0 aliphatic rings. The molecule has 0 saturated carbocycles. The number of nitrogens with two attached hydrogens (primary N) is 1. The van der Waals surface area contributed by atoms with E-state index < -0.39 is 18.5 Å². The number of amides is 1. The molecule has 24 heavy (non-hydrogen) atoms. The number of hydrazone groups is 1. The number of carboxylic acid groups (broad SMARTS) is 1. The summed E-state index contributed by atoms with van der Waals surface area (Å²) in [5.74, 6) is -1.68. The lowest BCUT2D eigenvalue weighted by atomic mass is 10.2. The number of nitrogens with one attached hydrogen (secondary N) is 1. The smallest absolute Gasteiger partial charge is 0.297 e. The number of nitrogen functional groups attached to an aromatic ring is 1. The molecule has 0 radical (unpaired) electrons. The van der Waals surface area contributed by atoms with Crippen molar-refractivity contribution in [3.63, 3.8) is 0 Å². The summed E-state index contributed by atoms with van der Waals surface area (Å²) in [5.41, 5.74) is 7.94. The third kappa shape index (κ3) is 4.19. The quantitative estimate of drug-likeness (QED) is 0.455. The number of aromatic nitrogens is 2. The SMILES string of the molecule is COc1cc(/C=N\NC(=O)c2nonc2N)ccc1OCC(=O)[O-]. The minimum Gasteiger partial charge on any atom is -0.546 e. The molecule has 1 aromatic carbocycles. The Morgan fingerprint density at radius 3 is 2.83 bits per heavy atom. The van der Waals surface area contributed by atoms with Gasteiger partial charge in [-0.2, -0.15) is 5.10 Å². The number of hydrogen-bond acceptors (Lipinski definition) is 10. The molecular weight excluding hydrogens is 322 g/mol. The van der Waals surface area contributed by atoms with Crippen molar-refractivity contribution in [1.82, 2.24) is 15.7 Å². The molecule has 11 heteroatoms. The number of methoxy groups -OCH3 is 1. The highest BCUT2D eigenvalue weighted by Gasteiger charge is 2.14. The van der Waals surface area contributed by atoms with Crippen LogP contribution < -0.4 is 25.7 Å². The zero-order valence-electron chi connectivity index (χ0n) is 12.4. The number of rotatable bonds is 7. The summed E-state index contributed by atoms with van der Waals surface area (Å²) in [6.07, 6.45) is 1.33. The van der Waals surface area contributed by atoms with Crippen molar-refractivity contribution in [3.8, 4) is 11.5 Å². The monoisotopic (exact) mass is 334 g/mol. The third-order valence-electron chi connectivity index (χ3n) is 2.64. The first-order chi connectivity index (χ1) is 11.5. The standard InChI is InChI=1S/C13H13N5O6/c1-22-9-4-7(2-3-8(9)23-6-10(19)20)5-15-16-13(21)11-12(14)18-24-17-11/h2-5H,6H2,1H3,(H2,14,18)(H,16,21)(H,19,20)/p-1/b15-5-. The molecule has 0 fully saturated rings. The normalized spacial score (nSPS) is 10.5. The van der Waals surface area contributed by atoms with E-state index in [-0.39, 0.29) is 23.0 Å². The largest absolute Gasteiger partial charge is 0.546 e. The van der Waals surface area contributed by atoms with Crippen molar-refractivity contribution in [2.45, 2.75) is 0 Å². The lowest BCUT2D eigenvalue weighted by molar-refractivity contribution is -0.307. The molecule has 0 aliphatic heterocycles. The highest BCUT2D eigenvalue weighted by atomic mass is 16.6. The highest BCUT2D eigenvalue weighted by Crippen LogP contribution is 2.27. The molecule has 2 rings (SSSR count). The van der Waals surface area contributed by atoms with Crippen LogP contribution in [0, 0.1) is 0 Å². The van der Waals surface area contributed by atoms with E-state index >= 15 is 0 Å². The van der Waals surface area contributed by atoms with Crippen LogP contribution in [0.3, 0.4) is 0 Å². The maximum Gasteiger partial charge on any atom is 0.297 e. The number of hydrogen-bond donors (Lipinski definition) is 2. The minimum atomic E-state index is -1.35. The summed E-state index contributed by atoms with van der Waals surface area (Å²) in [6.45, 7) is -0.604. The molecule has 3 N–H and O–H groups in total. The van der Waals surface area contributed by atoms with E-state index in [1.807, 2.05) is 0 Å². The van der Waals surface area contributed by atoms with E-state index in [0.29, 0.717) is 5.56 Å². The molecule has 0 atom stereocenters. The Morgan fingerprint density at radius 2 is 2.21 bits per heavy atom. The van der Waals surface area contributed by atoms with Crippen LogP contribution in [-0.4, -0.2) is 42.1 Å². The second-order valence-electron chi connectivity index (χ2n) is 4.27. The van der Waals surface area contributed by atoms with Crippen LogP contribution in [0.25, 0.3) is 0 Å². The number of benzene rings is 1. The molecule has 11 nitrogen and oxygen atoms in total. The summed E-state index contributed by atoms with van der Waals surface area (Å²) >= 11 is 0. The van der Waals surface area contributed by atoms with E-state index in [1.165, 1.54) is 25.5 Å². The van der Waals surface area contributed by atoms with Crippen LogP contribution in [0.4, 0.5) is 5.82 Å². The van der Waals surface area contributed by atoms with Gasteiger partial charge in [-0.05, 0) is 34.1 Å². The number of carboxylic acids is 1. The maximum absolute atomic E-state index is 11.7. The van der Waals surface area contributed by atoms with Crippen molar-refractivity contribution in [2.24, 2.45) is 5.10 Å². The molecule has 1 heterocycles. The number of carbonyl (C=O) groups is 2. The van der Waals surface area contributed by atoms with Gasteiger partial charge in [0, 0.05) is 0 Å². The van der Waals surface area contributed by atoms with Crippen LogP contribution in [0.2, 0.25) is 0 Å². The van der Waals surface area contributed by atoms with Crippen LogP contribution in [0.5, 0.6) is 11.5 Å². The lowest BCUT2D eigenvalue weighted by Crippen LogP contribution is -2.29. The number of anilines is 1. The third-order valence-corrected chi connectivity index (χ3v) is 2.64. The Bertz CT molecular complexity index is 772. The van der Waals surface area contributed by atoms with E-state index in [9.17, 15) is 14.7 Å². The Labute approximate surface area is 135 Å². The van der Waals surface area contributed by atoms with E-state index in [4.69, 9.17) is 15.2 Å². The van der Waals surface area contributed by atoms with Gasteiger partial charge in [-0.15, -0.1) is 0 Å². The van der Waals surface area contributed by atoms with Gasteiger partial charge >= 0.3 is 0 Å². The summed E-state index contributed by atoms with van der Waals surface area (Å²) in [7, 11) is 1.39. The van der Waals surface area contributed by atoms with Gasteiger partial charge in [0.15, 0.2) is 11.5 Å². The summed E-state index contributed by atoms with van der Waals surface area (Å²) in [6, 6.07) is 4.60. The van der Waals surface area contributed by atoms with Crippen LogP contribution in [0.15, 0.2) is 27.9 Å². The van der Waals surface area contributed by atoms with E-state index in [0.717, 1.165) is 0 Å². The molecule has 0 saturated heterocycles. The fraction of sp³-hybridized carbons (Fsp3) is 0.154. The van der Waals surface area contributed by atoms with Gasteiger partial charge in [-0.3, -0.25) is 4.79 Å². The predicted octanol–water partition coefficient (Wildman–Crippen LogP) is -1.45. The molecule has 1 aromatic heterocycles. The summed E-state index contributed by atoms with van der Waals surface area (Å²) in [5, 5.41) is 20.7. The fourth-order valence-electron chi connectivity index (χ4n) is 1.59. The molecule has 0 bridgehead atoms. The second kappa shape index (κ2) is 7.58. The van der Waals surface area contributed by atoms with Crippen LogP contribution in [0.1, 0.15) is 16.1 Å². The number of aliphatic carboxylic acids is 1. The number of carbonyl (C=O) groups excluding carboxylic acids is 2. The number of ether oxygens (including phenoxy) is 2. The van der Waals surface area contributed by atoms with Crippen molar-refractivity contribution in [1.29, 1.82) is 0 Å². The molecule has 0 aliphatic carbocycles. The van der Waals surface area contributed by atoms with Crippen molar-refractivity contribution in [3.05, 3.63) is 29.5 Å². The Hall–Kier alpha value is -3.63. The van der Waals surface area contributed by atoms with Crippen molar-refractivity contribution in [2.75, 3.05) is 19.5 Å². The highest BCUT2D eigenvalue weighted by molar-refractivity contribution is 5.96. The van der Waals surface area contributed by atoms with Gasteiger partial charge in [0.05, 0.1) is 19.3 Å².